The summed E-state index contributed by atoms with van der Waals surface area (Å²) in [7, 11) is 0. The van der Waals surface area contributed by atoms with E-state index in [9.17, 15) is 0 Å². The largest absolute Gasteiger partial charge is 0.455 e. The second kappa shape index (κ2) is 13.9. The fourth-order valence-corrected chi connectivity index (χ4v) is 8.09. The van der Waals surface area contributed by atoms with E-state index in [2.05, 4.69) is 150 Å². The smallest absolute Gasteiger partial charge is 0.164 e. The fourth-order valence-electron chi connectivity index (χ4n) is 8.09. The normalized spacial score (nSPS) is 11.4. The Hall–Kier alpha value is -7.57. The molecule has 0 aliphatic rings. The van der Waals surface area contributed by atoms with Crippen LogP contribution in [0.5, 0.6) is 0 Å². The lowest BCUT2D eigenvalue weighted by Gasteiger charge is -2.11. The van der Waals surface area contributed by atoms with Gasteiger partial charge in [0.1, 0.15) is 11.2 Å². The molecule has 0 aliphatic heterocycles. The molecule has 5 nitrogen and oxygen atoms in total. The molecule has 0 saturated carbocycles. The molecule has 3 heterocycles. The number of aromatic nitrogens is 4. The Kier molecular flexibility index (Phi) is 8.30. The van der Waals surface area contributed by atoms with Crippen molar-refractivity contribution in [2.75, 3.05) is 0 Å². The molecule has 0 spiro atoms. The second-order valence-corrected chi connectivity index (χ2v) is 14.0. The van der Waals surface area contributed by atoms with Crippen LogP contribution in [-0.4, -0.2) is 27.9 Å². The van der Waals surface area contributed by atoms with Crippen molar-refractivity contribution in [1.82, 2.24) is 19.5 Å². The molecule has 0 bridgehead atoms. The Morgan fingerprint density at radius 2 is 0.860 bits per heavy atom. The quantitative estimate of drug-likeness (QED) is 0.160. The zero-order chi connectivity index (χ0) is 37.0. The zero-order valence-corrected chi connectivity index (χ0v) is 30.2. The van der Waals surface area contributed by atoms with Crippen LogP contribution in [0.15, 0.2) is 199 Å². The van der Waals surface area contributed by atoms with Crippen LogP contribution in [0, 0.1) is 0 Å². The number of para-hydroxylation sites is 4. The van der Waals surface area contributed by atoms with Crippen molar-refractivity contribution in [2.45, 2.75) is 0 Å². The molecular weight excluding hydrogens is 695 g/mol. The lowest BCUT2D eigenvalue weighted by atomic mass is 9.97. The Balaban J connectivity index is 0.00000396. The van der Waals surface area contributed by atoms with E-state index in [0.29, 0.717) is 17.5 Å². The third-order valence-electron chi connectivity index (χ3n) is 10.6. The molecular formula is C51H36BN4O-. The lowest BCUT2D eigenvalue weighted by Crippen LogP contribution is -2.00. The molecule has 0 atom stereocenters. The summed E-state index contributed by atoms with van der Waals surface area (Å²) < 4.78 is 8.77. The predicted octanol–water partition coefficient (Wildman–Crippen LogP) is 11.8. The van der Waals surface area contributed by atoms with Gasteiger partial charge in [-0.15, -0.1) is 0 Å². The van der Waals surface area contributed by atoms with Gasteiger partial charge in [0, 0.05) is 49.5 Å². The van der Waals surface area contributed by atoms with Crippen LogP contribution >= 0.6 is 0 Å². The first kappa shape index (κ1) is 34.0. The first-order chi connectivity index (χ1) is 27.8. The van der Waals surface area contributed by atoms with Gasteiger partial charge >= 0.3 is 0 Å². The monoisotopic (exact) mass is 731 g/mol. The molecule has 0 amide bonds. The Labute approximate surface area is 331 Å². The third kappa shape index (κ3) is 5.78. The van der Waals surface area contributed by atoms with Crippen LogP contribution in [-0.2, 0) is 0 Å². The van der Waals surface area contributed by atoms with Gasteiger partial charge in [0.2, 0.25) is 0 Å². The first-order valence-electron chi connectivity index (χ1n) is 18.8. The summed E-state index contributed by atoms with van der Waals surface area (Å²) in [5.74, 6) is 1.83. The van der Waals surface area contributed by atoms with Crippen LogP contribution in [0.2, 0.25) is 0 Å². The van der Waals surface area contributed by atoms with E-state index in [1.54, 1.807) is 0 Å². The maximum atomic E-state index is 6.42. The molecule has 57 heavy (non-hydrogen) atoms. The zero-order valence-electron chi connectivity index (χ0n) is 30.2. The van der Waals surface area contributed by atoms with Gasteiger partial charge in [-0.05, 0) is 59.2 Å². The fraction of sp³-hybridized carbons (Fsp3) is 0. The number of hydrogen-bond acceptors (Lipinski definition) is 4. The van der Waals surface area contributed by atoms with Crippen molar-refractivity contribution in [3.63, 3.8) is 0 Å². The number of hydrogen-bond donors (Lipinski definition) is 0. The maximum absolute atomic E-state index is 6.42. The van der Waals surface area contributed by atoms with Gasteiger partial charge < -0.3 is 8.98 Å². The molecule has 11 aromatic rings. The van der Waals surface area contributed by atoms with Crippen molar-refractivity contribution < 1.29 is 4.42 Å². The average Bonchev–Trinajstić information content (AvgIpc) is 3.83. The molecule has 0 aliphatic carbocycles. The highest BCUT2D eigenvalue weighted by atomic mass is 16.3. The molecule has 270 valence electrons. The van der Waals surface area contributed by atoms with E-state index in [4.69, 9.17) is 19.4 Å². The lowest BCUT2D eigenvalue weighted by molar-refractivity contribution is 0.670. The van der Waals surface area contributed by atoms with Crippen LogP contribution < -0.4 is 0 Å². The number of fused-ring (bicyclic) bond motifs is 6. The standard InChI is InChI=1S/C51H32N4O.BH4/c1-3-15-33(16-4-1)49-52-50(54-51(53-49)37-20-12-18-35(32-37)40-26-13-27-42-41-23-8-10-30-46(41)56-48(40)42)36-19-11-17-34(31-36)39-25-14-29-45-47(39)43-24-7-9-28-44(43)55(45)38-21-5-2-6-22-38;/h1-32H;1H4/q;-1. The molecule has 0 N–H and O–H groups in total. The first-order valence-corrected chi connectivity index (χ1v) is 18.8. The van der Waals surface area contributed by atoms with E-state index >= 15 is 0 Å². The van der Waals surface area contributed by atoms with Crippen LogP contribution in [0.3, 0.4) is 0 Å². The summed E-state index contributed by atoms with van der Waals surface area (Å²) in [6.45, 7) is 0. The molecule has 11 rings (SSSR count). The van der Waals surface area contributed by atoms with Crippen molar-refractivity contribution >= 4 is 52.2 Å². The molecule has 6 heteroatoms. The van der Waals surface area contributed by atoms with Crippen LogP contribution in [0.1, 0.15) is 0 Å². The topological polar surface area (TPSA) is 56.7 Å². The third-order valence-corrected chi connectivity index (χ3v) is 10.6. The van der Waals surface area contributed by atoms with Gasteiger partial charge in [-0.1, -0.05) is 160 Å². The average molecular weight is 732 g/mol. The predicted molar refractivity (Wildman–Crippen MR) is 240 cm³/mol. The Morgan fingerprint density at radius 1 is 0.368 bits per heavy atom. The summed E-state index contributed by atoms with van der Waals surface area (Å²) in [5.41, 5.74) is 12.2. The highest BCUT2D eigenvalue weighted by Gasteiger charge is 2.19. The molecule has 0 fully saturated rings. The Morgan fingerprint density at radius 3 is 1.60 bits per heavy atom. The van der Waals surface area contributed by atoms with Gasteiger partial charge in [0.25, 0.3) is 0 Å². The minimum Gasteiger partial charge on any atom is -0.455 e. The molecule has 0 saturated heterocycles. The van der Waals surface area contributed by atoms with E-state index in [1.807, 2.05) is 48.5 Å². The van der Waals surface area contributed by atoms with Crippen LogP contribution in [0.4, 0.5) is 0 Å². The summed E-state index contributed by atoms with van der Waals surface area (Å²) in [6.07, 6.45) is 0. The van der Waals surface area contributed by atoms with Crippen molar-refractivity contribution in [1.29, 1.82) is 0 Å². The van der Waals surface area contributed by atoms with Crippen molar-refractivity contribution in [3.8, 4) is 62.1 Å². The van der Waals surface area contributed by atoms with E-state index in [1.165, 1.54) is 16.3 Å². The molecule has 0 radical (unpaired) electrons. The van der Waals surface area contributed by atoms with Crippen LogP contribution in [0.25, 0.3) is 106 Å². The molecule has 8 aromatic carbocycles. The summed E-state index contributed by atoms with van der Waals surface area (Å²) >= 11 is 0. The van der Waals surface area contributed by atoms with Gasteiger partial charge in [-0.25, -0.2) is 15.0 Å². The van der Waals surface area contributed by atoms with E-state index in [-0.39, 0.29) is 8.41 Å². The summed E-state index contributed by atoms with van der Waals surface area (Å²) in [6, 6.07) is 67.4. The molecule has 0 unspecified atom stereocenters. The number of rotatable bonds is 6. The highest BCUT2D eigenvalue weighted by Crippen LogP contribution is 2.40. The van der Waals surface area contributed by atoms with Crippen molar-refractivity contribution in [2.24, 2.45) is 0 Å². The highest BCUT2D eigenvalue weighted by molar-refractivity contribution is 6.16. The number of nitrogens with zero attached hydrogens (tertiary/aromatic N) is 4. The van der Waals surface area contributed by atoms with Gasteiger partial charge in [0.15, 0.2) is 17.5 Å². The summed E-state index contributed by atoms with van der Waals surface area (Å²) in [4.78, 5) is 15.3. The number of furan rings is 1. The van der Waals surface area contributed by atoms with E-state index < -0.39 is 0 Å². The minimum atomic E-state index is 0. The van der Waals surface area contributed by atoms with Crippen molar-refractivity contribution in [3.05, 3.63) is 194 Å². The number of benzene rings is 8. The maximum Gasteiger partial charge on any atom is 0.164 e. The van der Waals surface area contributed by atoms with Gasteiger partial charge in [-0.3, -0.25) is 0 Å². The van der Waals surface area contributed by atoms with Gasteiger partial charge in [-0.2, -0.15) is 0 Å². The summed E-state index contributed by atoms with van der Waals surface area (Å²) in [5, 5.41) is 4.62. The van der Waals surface area contributed by atoms with E-state index in [0.717, 1.165) is 72.1 Å². The molecule has 3 aromatic heterocycles. The minimum absolute atomic E-state index is 0. The van der Waals surface area contributed by atoms with Gasteiger partial charge in [0.05, 0.1) is 11.0 Å². The Bertz CT molecular complexity index is 3260. The SMILES string of the molecule is [BH4-].c1ccc(-c2nc(-c3cccc(-c4cccc5c4oc4ccccc45)c3)nc(-c3cccc(-c4cccc5c4c4ccccc4n5-c4ccccc4)c3)n2)cc1. The second-order valence-electron chi connectivity index (χ2n) is 14.0.